The highest BCUT2D eigenvalue weighted by atomic mass is 127. The van der Waals surface area contributed by atoms with Gasteiger partial charge in [-0.15, -0.1) is 34.2 Å². The molecule has 2 rings (SSSR count). The lowest BCUT2D eigenvalue weighted by atomic mass is 10.1. The topological polar surface area (TPSA) is 76.4 Å². The minimum Gasteiger partial charge on any atom is -0.490 e. The maximum atomic E-state index is 6.10. The highest BCUT2D eigenvalue weighted by Gasteiger charge is 2.08. The van der Waals surface area contributed by atoms with Crippen LogP contribution in [0, 0.1) is 6.92 Å². The molecule has 0 aliphatic rings. The number of aryl methyl sites for hydroxylation is 2. The fourth-order valence-electron chi connectivity index (χ4n) is 2.74. The van der Waals surface area contributed by atoms with E-state index in [1.54, 1.807) is 6.33 Å². The Morgan fingerprint density at radius 3 is 2.72 bits per heavy atom. The van der Waals surface area contributed by atoms with Crippen molar-refractivity contribution in [1.82, 2.24) is 25.4 Å². The van der Waals surface area contributed by atoms with Crippen LogP contribution in [0.2, 0.25) is 0 Å². The summed E-state index contributed by atoms with van der Waals surface area (Å²) >= 11 is 0. The number of halogens is 1. The summed E-state index contributed by atoms with van der Waals surface area (Å²) < 4.78 is 8.16. The van der Waals surface area contributed by atoms with E-state index in [2.05, 4.69) is 78.2 Å². The van der Waals surface area contributed by atoms with Crippen LogP contribution < -0.4 is 15.4 Å². The predicted molar refractivity (Wildman–Crippen MR) is 129 cm³/mol. The van der Waals surface area contributed by atoms with Gasteiger partial charge in [0.05, 0.1) is 12.6 Å². The summed E-state index contributed by atoms with van der Waals surface area (Å²) in [5.74, 6) is 2.71. The lowest BCUT2D eigenvalue weighted by Gasteiger charge is -2.17. The number of hydrogen-bond acceptors (Lipinski definition) is 4. The van der Waals surface area contributed by atoms with Crippen molar-refractivity contribution in [3.63, 3.8) is 0 Å². The molecule has 7 nitrogen and oxygen atoms in total. The number of nitrogens with zero attached hydrogens (tertiary/aromatic N) is 4. The van der Waals surface area contributed by atoms with Crippen LogP contribution in [0.25, 0.3) is 0 Å². The number of aliphatic imine (C=N–C) groups is 1. The van der Waals surface area contributed by atoms with E-state index in [0.717, 1.165) is 55.6 Å². The molecule has 29 heavy (non-hydrogen) atoms. The average Bonchev–Trinajstić information content (AvgIpc) is 3.14. The zero-order valence-corrected chi connectivity index (χ0v) is 20.6. The number of hydrogen-bond donors (Lipinski definition) is 2. The number of benzene rings is 1. The van der Waals surface area contributed by atoms with E-state index in [-0.39, 0.29) is 30.1 Å². The van der Waals surface area contributed by atoms with Gasteiger partial charge in [0.1, 0.15) is 17.9 Å². The van der Waals surface area contributed by atoms with Crippen molar-refractivity contribution in [2.24, 2.45) is 4.99 Å². The van der Waals surface area contributed by atoms with Gasteiger partial charge in [-0.25, -0.2) is 4.99 Å². The molecular weight excluding hydrogens is 479 g/mol. The molecule has 1 aromatic carbocycles. The van der Waals surface area contributed by atoms with E-state index in [9.17, 15) is 0 Å². The van der Waals surface area contributed by atoms with Crippen molar-refractivity contribution < 1.29 is 4.74 Å². The molecule has 162 valence electrons. The minimum atomic E-state index is 0. The number of guanidine groups is 1. The minimum absolute atomic E-state index is 0. The molecule has 0 aliphatic carbocycles. The van der Waals surface area contributed by atoms with Gasteiger partial charge in [0, 0.05) is 31.6 Å². The third kappa shape index (κ3) is 8.20. The highest BCUT2D eigenvalue weighted by Crippen LogP contribution is 2.23. The van der Waals surface area contributed by atoms with Crippen LogP contribution in [0.15, 0.2) is 29.5 Å². The van der Waals surface area contributed by atoms with Gasteiger partial charge in [0.2, 0.25) is 0 Å². The Hall–Kier alpha value is -1.84. The van der Waals surface area contributed by atoms with Crippen LogP contribution >= 0.6 is 24.0 Å². The molecule has 1 atom stereocenters. The molecule has 0 spiro atoms. The van der Waals surface area contributed by atoms with E-state index in [0.29, 0.717) is 6.54 Å². The fraction of sp³-hybridized carbons (Fsp3) is 0.571. The molecule has 0 fully saturated rings. The monoisotopic (exact) mass is 514 g/mol. The maximum absolute atomic E-state index is 6.10. The van der Waals surface area contributed by atoms with Crippen molar-refractivity contribution in [3.8, 4) is 5.75 Å². The summed E-state index contributed by atoms with van der Waals surface area (Å²) in [7, 11) is 0. The van der Waals surface area contributed by atoms with Crippen molar-refractivity contribution >= 4 is 29.9 Å². The standard InChI is InChI=1S/C21H34N6O.HI/c1-6-17(5)28-19-13-16(4)9-10-18(19)14-24-21(22-8-3)23-11-12-27-15-25-26-20(27)7-2;/h9-10,13,15,17H,6-8,11-12,14H2,1-5H3,(H2,22,23,24);1H. The van der Waals surface area contributed by atoms with Gasteiger partial charge in [-0.05, 0) is 38.8 Å². The van der Waals surface area contributed by atoms with Gasteiger partial charge < -0.3 is 19.9 Å². The van der Waals surface area contributed by atoms with Crippen LogP contribution in [0.4, 0.5) is 0 Å². The molecule has 0 radical (unpaired) electrons. The molecule has 1 unspecified atom stereocenters. The third-order valence-corrected chi connectivity index (χ3v) is 4.53. The summed E-state index contributed by atoms with van der Waals surface area (Å²) in [6.45, 7) is 13.4. The normalized spacial score (nSPS) is 12.2. The SMILES string of the molecule is CCNC(=NCc1ccc(C)cc1OC(C)CC)NCCn1cnnc1CC.I. The second kappa shape index (κ2) is 13.4. The summed E-state index contributed by atoms with van der Waals surface area (Å²) in [6.07, 6.45) is 3.81. The second-order valence-corrected chi connectivity index (χ2v) is 6.86. The molecule has 2 aromatic rings. The number of rotatable bonds is 10. The van der Waals surface area contributed by atoms with E-state index >= 15 is 0 Å². The van der Waals surface area contributed by atoms with E-state index in [4.69, 9.17) is 9.73 Å². The van der Waals surface area contributed by atoms with Crippen LogP contribution in [-0.4, -0.2) is 39.9 Å². The summed E-state index contributed by atoms with van der Waals surface area (Å²) in [5.41, 5.74) is 2.28. The third-order valence-electron chi connectivity index (χ3n) is 4.53. The van der Waals surface area contributed by atoms with Gasteiger partial charge in [0.15, 0.2) is 5.96 Å². The maximum Gasteiger partial charge on any atom is 0.191 e. The van der Waals surface area contributed by atoms with Crippen LogP contribution in [0.1, 0.15) is 51.1 Å². The molecule has 8 heteroatoms. The Morgan fingerprint density at radius 1 is 1.24 bits per heavy atom. The Balaban J connectivity index is 0.00000420. The quantitative estimate of drug-likeness (QED) is 0.287. The van der Waals surface area contributed by atoms with Crippen LogP contribution in [-0.2, 0) is 19.5 Å². The molecule has 0 bridgehead atoms. The van der Waals surface area contributed by atoms with Crippen molar-refractivity contribution in [2.75, 3.05) is 13.1 Å². The molecular formula is C21H35IN6O. The van der Waals surface area contributed by atoms with Crippen molar-refractivity contribution in [1.29, 1.82) is 0 Å². The molecule has 1 aromatic heterocycles. The lowest BCUT2D eigenvalue weighted by molar-refractivity contribution is 0.215. The first-order valence-electron chi connectivity index (χ1n) is 10.2. The molecule has 0 aliphatic heterocycles. The molecule has 0 saturated heterocycles. The van der Waals surface area contributed by atoms with Gasteiger partial charge in [-0.2, -0.15) is 0 Å². The van der Waals surface area contributed by atoms with E-state index in [1.165, 1.54) is 5.56 Å². The van der Waals surface area contributed by atoms with Crippen molar-refractivity contribution in [3.05, 3.63) is 41.5 Å². The Kier molecular flexibility index (Phi) is 11.6. The van der Waals surface area contributed by atoms with E-state index in [1.807, 2.05) is 0 Å². The fourth-order valence-corrected chi connectivity index (χ4v) is 2.74. The lowest BCUT2D eigenvalue weighted by Crippen LogP contribution is -2.39. The first-order chi connectivity index (χ1) is 13.6. The summed E-state index contributed by atoms with van der Waals surface area (Å²) in [4.78, 5) is 4.74. The largest absolute Gasteiger partial charge is 0.490 e. The smallest absolute Gasteiger partial charge is 0.191 e. The first kappa shape index (κ1) is 25.2. The molecule has 1 heterocycles. The van der Waals surface area contributed by atoms with Crippen LogP contribution in [0.3, 0.4) is 0 Å². The summed E-state index contributed by atoms with van der Waals surface area (Å²) in [6, 6.07) is 6.30. The number of aromatic nitrogens is 3. The zero-order valence-electron chi connectivity index (χ0n) is 18.2. The average molecular weight is 514 g/mol. The van der Waals surface area contributed by atoms with E-state index < -0.39 is 0 Å². The van der Waals surface area contributed by atoms with Gasteiger partial charge in [-0.1, -0.05) is 26.0 Å². The first-order valence-corrected chi connectivity index (χ1v) is 10.2. The van der Waals surface area contributed by atoms with Gasteiger partial charge in [-0.3, -0.25) is 0 Å². The van der Waals surface area contributed by atoms with Crippen LogP contribution in [0.5, 0.6) is 5.75 Å². The second-order valence-electron chi connectivity index (χ2n) is 6.86. The Bertz CT molecular complexity index is 761. The van der Waals surface area contributed by atoms with Gasteiger partial charge in [0.25, 0.3) is 0 Å². The number of nitrogens with one attached hydrogen (secondary N) is 2. The Morgan fingerprint density at radius 2 is 2.03 bits per heavy atom. The molecule has 0 amide bonds. The summed E-state index contributed by atoms with van der Waals surface area (Å²) in [5, 5.41) is 14.8. The van der Waals surface area contributed by atoms with Gasteiger partial charge >= 0.3 is 0 Å². The predicted octanol–water partition coefficient (Wildman–Crippen LogP) is 3.70. The Labute approximate surface area is 191 Å². The molecule has 2 N–H and O–H groups in total. The number of ether oxygens (including phenoxy) is 1. The zero-order chi connectivity index (χ0) is 20.4. The highest BCUT2D eigenvalue weighted by molar-refractivity contribution is 14.0. The van der Waals surface area contributed by atoms with Crippen molar-refractivity contribution in [2.45, 2.75) is 66.7 Å². The molecule has 0 saturated carbocycles.